The highest BCUT2D eigenvalue weighted by Gasteiger charge is 2.24. The summed E-state index contributed by atoms with van der Waals surface area (Å²) in [5, 5.41) is 3.68. The van der Waals surface area contributed by atoms with E-state index in [2.05, 4.69) is 9.88 Å². The summed E-state index contributed by atoms with van der Waals surface area (Å²) < 4.78 is 1.10. The van der Waals surface area contributed by atoms with Crippen LogP contribution in [0.15, 0.2) is 35.7 Å². The molecule has 23 heavy (non-hydrogen) atoms. The van der Waals surface area contributed by atoms with Crippen LogP contribution in [0.1, 0.15) is 9.67 Å². The number of piperazine rings is 1. The number of thiophene rings is 1. The summed E-state index contributed by atoms with van der Waals surface area (Å²) in [6.45, 7) is 3.08. The van der Waals surface area contributed by atoms with Gasteiger partial charge in [-0.1, -0.05) is 29.0 Å². The Labute approximate surface area is 146 Å². The minimum Gasteiger partial charge on any atom is -0.345 e. The summed E-state index contributed by atoms with van der Waals surface area (Å²) in [7, 11) is 0. The second-order valence-electron chi connectivity index (χ2n) is 5.37. The molecule has 118 valence electrons. The van der Waals surface area contributed by atoms with Crippen molar-refractivity contribution >= 4 is 55.5 Å². The summed E-state index contributed by atoms with van der Waals surface area (Å²) in [5.41, 5.74) is 0.978. The Morgan fingerprint density at radius 3 is 2.74 bits per heavy atom. The van der Waals surface area contributed by atoms with Gasteiger partial charge in [0, 0.05) is 31.2 Å². The average Bonchev–Trinajstić information content (AvgIpc) is 3.23. The number of anilines is 1. The average molecular weight is 364 g/mol. The summed E-state index contributed by atoms with van der Waals surface area (Å²) in [4.78, 5) is 22.0. The van der Waals surface area contributed by atoms with Gasteiger partial charge in [-0.25, -0.2) is 4.98 Å². The van der Waals surface area contributed by atoms with E-state index in [1.807, 2.05) is 40.6 Å². The van der Waals surface area contributed by atoms with E-state index in [4.69, 9.17) is 11.6 Å². The summed E-state index contributed by atoms with van der Waals surface area (Å²) >= 11 is 9.19. The van der Waals surface area contributed by atoms with Crippen molar-refractivity contribution in [3.8, 4) is 0 Å². The Balaban J connectivity index is 1.47. The molecule has 4 nitrogen and oxygen atoms in total. The first-order chi connectivity index (χ1) is 11.2. The number of benzene rings is 1. The molecule has 3 heterocycles. The standard InChI is InChI=1S/C16H14ClN3OS2/c17-11-3-4-12-14(10-11)23-16(18-12)20-7-5-19(6-8-20)15(21)13-2-1-9-22-13/h1-4,9-10H,5-8H2. The fraction of sp³-hybridized carbons (Fsp3) is 0.250. The second-order valence-corrected chi connectivity index (χ2v) is 7.76. The van der Waals surface area contributed by atoms with Gasteiger partial charge in [-0.2, -0.15) is 0 Å². The van der Waals surface area contributed by atoms with Gasteiger partial charge in [0.15, 0.2) is 5.13 Å². The molecule has 1 amide bonds. The molecule has 1 aromatic carbocycles. The zero-order valence-corrected chi connectivity index (χ0v) is 14.6. The molecule has 0 atom stereocenters. The normalized spacial score (nSPS) is 15.3. The first kappa shape index (κ1) is 14.9. The Morgan fingerprint density at radius 2 is 2.00 bits per heavy atom. The Hall–Kier alpha value is -1.63. The number of rotatable bonds is 2. The van der Waals surface area contributed by atoms with E-state index in [-0.39, 0.29) is 5.91 Å². The van der Waals surface area contributed by atoms with Crippen LogP contribution in [-0.2, 0) is 0 Å². The zero-order chi connectivity index (χ0) is 15.8. The van der Waals surface area contributed by atoms with Gasteiger partial charge < -0.3 is 9.80 Å². The van der Waals surface area contributed by atoms with Crippen molar-refractivity contribution in [2.24, 2.45) is 0 Å². The van der Waals surface area contributed by atoms with E-state index in [0.29, 0.717) is 0 Å². The van der Waals surface area contributed by atoms with Gasteiger partial charge in [-0.3, -0.25) is 4.79 Å². The molecular formula is C16H14ClN3OS2. The Kier molecular flexibility index (Phi) is 3.97. The number of amides is 1. The van der Waals surface area contributed by atoms with E-state index >= 15 is 0 Å². The predicted molar refractivity (Wildman–Crippen MR) is 97.1 cm³/mol. The number of carbonyl (C=O) groups excluding carboxylic acids is 1. The lowest BCUT2D eigenvalue weighted by molar-refractivity contribution is 0.0751. The van der Waals surface area contributed by atoms with Crippen LogP contribution in [0.4, 0.5) is 5.13 Å². The third kappa shape index (κ3) is 2.94. The molecule has 0 N–H and O–H groups in total. The van der Waals surface area contributed by atoms with E-state index in [1.165, 1.54) is 11.3 Å². The minimum atomic E-state index is 0.135. The highest BCUT2D eigenvalue weighted by molar-refractivity contribution is 7.22. The lowest BCUT2D eigenvalue weighted by atomic mass is 10.3. The molecule has 1 saturated heterocycles. The van der Waals surface area contributed by atoms with Gasteiger partial charge in [0.2, 0.25) is 0 Å². The number of carbonyl (C=O) groups is 1. The minimum absolute atomic E-state index is 0.135. The molecule has 4 rings (SSSR count). The number of hydrogen-bond donors (Lipinski definition) is 0. The molecule has 0 aliphatic carbocycles. The number of hydrogen-bond acceptors (Lipinski definition) is 5. The fourth-order valence-electron chi connectivity index (χ4n) is 2.68. The third-order valence-electron chi connectivity index (χ3n) is 3.91. The topological polar surface area (TPSA) is 36.4 Å². The second kappa shape index (κ2) is 6.11. The third-order valence-corrected chi connectivity index (χ3v) is 6.08. The van der Waals surface area contributed by atoms with Crippen LogP contribution in [0.3, 0.4) is 0 Å². The maximum absolute atomic E-state index is 12.4. The Morgan fingerprint density at radius 1 is 1.17 bits per heavy atom. The highest BCUT2D eigenvalue weighted by Crippen LogP contribution is 2.31. The molecule has 0 radical (unpaired) electrons. The first-order valence-electron chi connectivity index (χ1n) is 7.34. The summed E-state index contributed by atoms with van der Waals surface area (Å²) in [6, 6.07) is 9.57. The molecule has 7 heteroatoms. The van der Waals surface area contributed by atoms with Crippen LogP contribution in [0.5, 0.6) is 0 Å². The van der Waals surface area contributed by atoms with E-state index in [9.17, 15) is 4.79 Å². The lowest BCUT2D eigenvalue weighted by Crippen LogP contribution is -2.48. The van der Waals surface area contributed by atoms with Crippen molar-refractivity contribution in [2.75, 3.05) is 31.1 Å². The zero-order valence-electron chi connectivity index (χ0n) is 12.2. The molecule has 1 aliphatic rings. The largest absolute Gasteiger partial charge is 0.345 e. The SMILES string of the molecule is O=C(c1cccs1)N1CCN(c2nc3ccc(Cl)cc3s2)CC1. The number of nitrogens with zero attached hydrogens (tertiary/aromatic N) is 3. The molecule has 1 aliphatic heterocycles. The highest BCUT2D eigenvalue weighted by atomic mass is 35.5. The van der Waals surface area contributed by atoms with Crippen molar-refractivity contribution in [1.29, 1.82) is 0 Å². The van der Waals surface area contributed by atoms with Gasteiger partial charge in [-0.05, 0) is 29.6 Å². The monoisotopic (exact) mass is 363 g/mol. The van der Waals surface area contributed by atoms with Crippen LogP contribution in [0.2, 0.25) is 5.02 Å². The van der Waals surface area contributed by atoms with Gasteiger partial charge >= 0.3 is 0 Å². The van der Waals surface area contributed by atoms with Gasteiger partial charge in [0.05, 0.1) is 15.1 Å². The van der Waals surface area contributed by atoms with Gasteiger partial charge in [0.25, 0.3) is 5.91 Å². The number of fused-ring (bicyclic) bond motifs is 1. The van der Waals surface area contributed by atoms with E-state index in [0.717, 1.165) is 51.4 Å². The first-order valence-corrected chi connectivity index (χ1v) is 9.42. The number of thiazole rings is 1. The molecule has 1 fully saturated rings. The van der Waals surface area contributed by atoms with Gasteiger partial charge in [-0.15, -0.1) is 11.3 Å². The maximum atomic E-state index is 12.4. The number of halogens is 1. The van der Waals surface area contributed by atoms with Crippen molar-refractivity contribution in [2.45, 2.75) is 0 Å². The Bertz CT molecular complexity index is 838. The molecule has 0 saturated carbocycles. The molecule has 3 aromatic rings. The van der Waals surface area contributed by atoms with Crippen molar-refractivity contribution < 1.29 is 4.79 Å². The number of aromatic nitrogens is 1. The molecule has 0 spiro atoms. The quantitative estimate of drug-likeness (QED) is 0.691. The van der Waals surface area contributed by atoms with Crippen LogP contribution < -0.4 is 4.90 Å². The van der Waals surface area contributed by atoms with Crippen LogP contribution in [0.25, 0.3) is 10.2 Å². The van der Waals surface area contributed by atoms with Crippen molar-refractivity contribution in [3.05, 3.63) is 45.6 Å². The summed E-state index contributed by atoms with van der Waals surface area (Å²) in [6.07, 6.45) is 0. The summed E-state index contributed by atoms with van der Waals surface area (Å²) in [5.74, 6) is 0.135. The molecule has 0 unspecified atom stereocenters. The van der Waals surface area contributed by atoms with Crippen LogP contribution >= 0.6 is 34.3 Å². The van der Waals surface area contributed by atoms with Gasteiger partial charge in [0.1, 0.15) is 0 Å². The molecule has 0 bridgehead atoms. The fourth-order valence-corrected chi connectivity index (χ4v) is 4.66. The van der Waals surface area contributed by atoms with E-state index < -0.39 is 0 Å². The van der Waals surface area contributed by atoms with Crippen molar-refractivity contribution in [3.63, 3.8) is 0 Å². The van der Waals surface area contributed by atoms with E-state index in [1.54, 1.807) is 11.3 Å². The maximum Gasteiger partial charge on any atom is 0.264 e. The predicted octanol–water partition coefficient (Wildman–Crippen LogP) is 3.97. The molecular weight excluding hydrogens is 350 g/mol. The smallest absolute Gasteiger partial charge is 0.264 e. The molecule has 2 aromatic heterocycles. The van der Waals surface area contributed by atoms with Crippen molar-refractivity contribution in [1.82, 2.24) is 9.88 Å². The lowest BCUT2D eigenvalue weighted by Gasteiger charge is -2.34. The van der Waals surface area contributed by atoms with Crippen LogP contribution in [0, 0.1) is 0 Å². The van der Waals surface area contributed by atoms with Crippen LogP contribution in [-0.4, -0.2) is 42.0 Å².